The number of hydrogen-bond donors (Lipinski definition) is 1. The first-order chi connectivity index (χ1) is 5.72. The highest BCUT2D eigenvalue weighted by atomic mass is 79.9. The maximum atomic E-state index is 6.07. The van der Waals surface area contributed by atoms with Crippen LogP contribution in [0.2, 0.25) is 0 Å². The van der Waals surface area contributed by atoms with E-state index in [0.717, 1.165) is 10.0 Å². The van der Waals surface area contributed by atoms with Gasteiger partial charge in [-0.05, 0) is 11.6 Å². The summed E-state index contributed by atoms with van der Waals surface area (Å²) < 4.78 is 6.17. The molecule has 1 heterocycles. The smallest absolute Gasteiger partial charge is 0.0894 e. The molecule has 0 saturated carbocycles. The molecule has 2 rings (SSSR count). The highest BCUT2D eigenvalue weighted by molar-refractivity contribution is 9.10. The lowest BCUT2D eigenvalue weighted by Gasteiger charge is -2.38. The molecule has 0 radical (unpaired) electrons. The Morgan fingerprint density at radius 1 is 1.33 bits per heavy atom. The van der Waals surface area contributed by atoms with Gasteiger partial charge in [0, 0.05) is 4.47 Å². The molecule has 0 aromatic heterocycles. The van der Waals surface area contributed by atoms with Crippen molar-refractivity contribution in [2.75, 3.05) is 13.2 Å². The van der Waals surface area contributed by atoms with Crippen LogP contribution in [0.15, 0.2) is 28.7 Å². The van der Waals surface area contributed by atoms with Gasteiger partial charge in [-0.15, -0.1) is 0 Å². The molecule has 1 aromatic rings. The van der Waals surface area contributed by atoms with Gasteiger partial charge < -0.3 is 10.5 Å². The molecule has 64 valence electrons. The highest BCUT2D eigenvalue weighted by Gasteiger charge is 2.37. The molecule has 0 bridgehead atoms. The normalized spacial score (nSPS) is 20.2. The van der Waals surface area contributed by atoms with Crippen molar-refractivity contribution in [3.63, 3.8) is 0 Å². The average Bonchev–Trinajstić information content (AvgIpc) is 2.01. The number of nitrogens with two attached hydrogens (primary N) is 1. The summed E-state index contributed by atoms with van der Waals surface area (Å²) in [6, 6.07) is 8.01. The molecular weight excluding hydrogens is 218 g/mol. The van der Waals surface area contributed by atoms with E-state index in [1.165, 1.54) is 0 Å². The molecule has 0 atom stereocenters. The zero-order valence-electron chi connectivity index (χ0n) is 6.59. The second-order valence-electron chi connectivity index (χ2n) is 3.13. The van der Waals surface area contributed by atoms with Crippen LogP contribution >= 0.6 is 15.9 Å². The van der Waals surface area contributed by atoms with E-state index in [2.05, 4.69) is 15.9 Å². The summed E-state index contributed by atoms with van der Waals surface area (Å²) in [5.74, 6) is 0. The van der Waals surface area contributed by atoms with E-state index in [-0.39, 0.29) is 5.54 Å². The molecule has 2 N–H and O–H groups in total. The van der Waals surface area contributed by atoms with Gasteiger partial charge in [0.15, 0.2) is 0 Å². The molecule has 1 saturated heterocycles. The molecule has 0 amide bonds. The molecule has 2 nitrogen and oxygen atoms in total. The standard InChI is InChI=1S/C9H10BrNO/c10-8-4-2-1-3-7(8)9(11)5-12-6-9/h1-4H,5-6,11H2. The molecule has 1 aliphatic heterocycles. The quantitative estimate of drug-likeness (QED) is 0.792. The SMILES string of the molecule is NC1(c2ccccc2Br)COC1. The second-order valence-corrected chi connectivity index (χ2v) is 3.98. The lowest BCUT2D eigenvalue weighted by molar-refractivity contribution is -0.0572. The number of halogens is 1. The zero-order chi connectivity index (χ0) is 8.60. The van der Waals surface area contributed by atoms with E-state index < -0.39 is 0 Å². The van der Waals surface area contributed by atoms with Gasteiger partial charge in [0.25, 0.3) is 0 Å². The van der Waals surface area contributed by atoms with Gasteiger partial charge in [0.2, 0.25) is 0 Å². The first kappa shape index (κ1) is 8.23. The van der Waals surface area contributed by atoms with E-state index in [1.54, 1.807) is 0 Å². The average molecular weight is 228 g/mol. The summed E-state index contributed by atoms with van der Waals surface area (Å²) in [5.41, 5.74) is 6.94. The summed E-state index contributed by atoms with van der Waals surface area (Å²) in [4.78, 5) is 0. The van der Waals surface area contributed by atoms with Gasteiger partial charge in [-0.25, -0.2) is 0 Å². The van der Waals surface area contributed by atoms with Crippen LogP contribution in [0.5, 0.6) is 0 Å². The van der Waals surface area contributed by atoms with E-state index >= 15 is 0 Å². The lowest BCUT2D eigenvalue weighted by atomic mass is 9.89. The third kappa shape index (κ3) is 1.18. The minimum Gasteiger partial charge on any atom is -0.377 e. The summed E-state index contributed by atoms with van der Waals surface area (Å²) in [5, 5.41) is 0. The third-order valence-corrected chi connectivity index (χ3v) is 2.82. The number of hydrogen-bond acceptors (Lipinski definition) is 2. The Hall–Kier alpha value is -0.380. The van der Waals surface area contributed by atoms with Crippen LogP contribution in [0.3, 0.4) is 0 Å². The van der Waals surface area contributed by atoms with Crippen LogP contribution in [-0.2, 0) is 10.3 Å². The summed E-state index contributed by atoms with van der Waals surface area (Å²) in [7, 11) is 0. The molecule has 0 unspecified atom stereocenters. The molecule has 0 aliphatic carbocycles. The van der Waals surface area contributed by atoms with Crippen molar-refractivity contribution >= 4 is 15.9 Å². The molecule has 0 spiro atoms. The molecule has 1 aliphatic rings. The number of benzene rings is 1. The lowest BCUT2D eigenvalue weighted by Crippen LogP contribution is -2.54. The molecule has 1 fully saturated rings. The summed E-state index contributed by atoms with van der Waals surface area (Å²) in [6.07, 6.45) is 0. The van der Waals surface area contributed by atoms with Crippen molar-refractivity contribution in [3.05, 3.63) is 34.3 Å². The van der Waals surface area contributed by atoms with Gasteiger partial charge in [0.05, 0.1) is 18.8 Å². The second kappa shape index (κ2) is 2.83. The fourth-order valence-corrected chi connectivity index (χ4v) is 2.02. The van der Waals surface area contributed by atoms with Gasteiger partial charge in [-0.2, -0.15) is 0 Å². The Balaban J connectivity index is 2.39. The Morgan fingerprint density at radius 2 is 2.00 bits per heavy atom. The first-order valence-corrected chi connectivity index (χ1v) is 4.63. The van der Waals surface area contributed by atoms with Crippen molar-refractivity contribution < 1.29 is 4.74 Å². The predicted molar refractivity (Wildman–Crippen MR) is 50.8 cm³/mol. The summed E-state index contributed by atoms with van der Waals surface area (Å²) >= 11 is 3.47. The van der Waals surface area contributed by atoms with E-state index in [4.69, 9.17) is 10.5 Å². The van der Waals surface area contributed by atoms with Crippen molar-refractivity contribution in [1.29, 1.82) is 0 Å². The van der Waals surface area contributed by atoms with Crippen molar-refractivity contribution in [2.45, 2.75) is 5.54 Å². The maximum absolute atomic E-state index is 6.07. The monoisotopic (exact) mass is 227 g/mol. The van der Waals surface area contributed by atoms with E-state index in [1.807, 2.05) is 24.3 Å². The van der Waals surface area contributed by atoms with Crippen LogP contribution in [0.4, 0.5) is 0 Å². The van der Waals surface area contributed by atoms with Gasteiger partial charge in [0.1, 0.15) is 0 Å². The molecule has 1 aromatic carbocycles. The third-order valence-electron chi connectivity index (χ3n) is 2.13. The minimum atomic E-state index is -0.264. The van der Waals surface area contributed by atoms with Gasteiger partial charge in [-0.1, -0.05) is 34.1 Å². The van der Waals surface area contributed by atoms with Crippen LogP contribution in [0, 0.1) is 0 Å². The van der Waals surface area contributed by atoms with Gasteiger partial charge >= 0.3 is 0 Å². The summed E-state index contributed by atoms with van der Waals surface area (Å²) in [6.45, 7) is 1.24. The van der Waals surface area contributed by atoms with Crippen LogP contribution in [0.1, 0.15) is 5.56 Å². The van der Waals surface area contributed by atoms with Crippen molar-refractivity contribution in [3.8, 4) is 0 Å². The highest BCUT2D eigenvalue weighted by Crippen LogP contribution is 2.31. The zero-order valence-corrected chi connectivity index (χ0v) is 8.17. The van der Waals surface area contributed by atoms with Crippen LogP contribution in [0.25, 0.3) is 0 Å². The van der Waals surface area contributed by atoms with Crippen LogP contribution < -0.4 is 5.73 Å². The minimum absolute atomic E-state index is 0.264. The first-order valence-electron chi connectivity index (χ1n) is 3.84. The van der Waals surface area contributed by atoms with E-state index in [0.29, 0.717) is 13.2 Å². The predicted octanol–water partition coefficient (Wildman–Crippen LogP) is 1.63. The van der Waals surface area contributed by atoms with Crippen molar-refractivity contribution in [2.24, 2.45) is 5.73 Å². The Bertz CT molecular complexity index is 296. The fraction of sp³-hybridized carbons (Fsp3) is 0.333. The van der Waals surface area contributed by atoms with Crippen molar-refractivity contribution in [1.82, 2.24) is 0 Å². The number of ether oxygens (including phenoxy) is 1. The van der Waals surface area contributed by atoms with Gasteiger partial charge in [-0.3, -0.25) is 0 Å². The van der Waals surface area contributed by atoms with Crippen LogP contribution in [-0.4, -0.2) is 13.2 Å². The Labute approximate surface area is 79.8 Å². The Morgan fingerprint density at radius 3 is 2.50 bits per heavy atom. The molecular formula is C9H10BrNO. The molecule has 3 heteroatoms. The maximum Gasteiger partial charge on any atom is 0.0894 e. The van der Waals surface area contributed by atoms with E-state index in [9.17, 15) is 0 Å². The fourth-order valence-electron chi connectivity index (χ4n) is 1.34. The Kier molecular flexibility index (Phi) is 1.94. The topological polar surface area (TPSA) is 35.2 Å². The molecule has 12 heavy (non-hydrogen) atoms. The largest absolute Gasteiger partial charge is 0.377 e. The number of rotatable bonds is 1.